The molecule has 2 aromatic heterocycles. The standard InChI is InChI=1S/C30H37N3O2S/c1-20(2)32(5)19-21-7-6-8-22(15-21)25-16-23(9-10-31-25)27-24-17-30(3,4)18-26(34)28(24)36-29(27)33-11-13-35-14-12-33/h6-10,15-16,20H,11-14,17-19H2,1-5H3. The van der Waals surface area contributed by atoms with Gasteiger partial charge in [-0.3, -0.25) is 14.7 Å². The maximum absolute atomic E-state index is 13.2. The summed E-state index contributed by atoms with van der Waals surface area (Å²) in [5.74, 6) is 0.281. The van der Waals surface area contributed by atoms with Crippen LogP contribution in [0.5, 0.6) is 0 Å². The Balaban J connectivity index is 1.58. The molecule has 0 saturated carbocycles. The Kier molecular flexibility index (Phi) is 7.03. The summed E-state index contributed by atoms with van der Waals surface area (Å²) in [7, 11) is 2.16. The molecule has 5 nitrogen and oxygen atoms in total. The van der Waals surface area contributed by atoms with Crippen molar-refractivity contribution in [1.29, 1.82) is 0 Å². The number of pyridine rings is 1. The van der Waals surface area contributed by atoms with Gasteiger partial charge in [-0.2, -0.15) is 0 Å². The first-order chi connectivity index (χ1) is 17.2. The van der Waals surface area contributed by atoms with Gasteiger partial charge >= 0.3 is 0 Å². The predicted molar refractivity (Wildman–Crippen MR) is 149 cm³/mol. The summed E-state index contributed by atoms with van der Waals surface area (Å²) in [5.41, 5.74) is 6.93. The van der Waals surface area contributed by atoms with Gasteiger partial charge in [0.05, 0.1) is 28.8 Å². The Morgan fingerprint density at radius 2 is 1.89 bits per heavy atom. The zero-order chi connectivity index (χ0) is 25.4. The normalized spacial score (nSPS) is 17.6. The lowest BCUT2D eigenvalue weighted by Gasteiger charge is -2.30. The second-order valence-electron chi connectivity index (χ2n) is 11.3. The first kappa shape index (κ1) is 25.1. The maximum atomic E-state index is 13.2. The third kappa shape index (κ3) is 5.13. The quantitative estimate of drug-likeness (QED) is 0.394. The van der Waals surface area contributed by atoms with Crippen LogP contribution in [-0.2, 0) is 17.7 Å². The molecule has 0 atom stereocenters. The third-order valence-corrected chi connectivity index (χ3v) is 8.75. The first-order valence-corrected chi connectivity index (χ1v) is 13.8. The molecular formula is C30H37N3O2S. The number of hydrogen-bond donors (Lipinski definition) is 0. The van der Waals surface area contributed by atoms with Crippen LogP contribution in [0.3, 0.4) is 0 Å². The predicted octanol–water partition coefficient (Wildman–Crippen LogP) is 6.31. The lowest BCUT2D eigenvalue weighted by molar-refractivity contribution is 0.0918. The molecule has 0 amide bonds. The molecule has 0 unspecified atom stereocenters. The maximum Gasteiger partial charge on any atom is 0.173 e. The molecule has 6 heteroatoms. The highest BCUT2D eigenvalue weighted by Crippen LogP contribution is 2.49. The van der Waals surface area contributed by atoms with E-state index in [1.54, 1.807) is 11.3 Å². The summed E-state index contributed by atoms with van der Waals surface area (Å²) in [6.45, 7) is 12.9. The van der Waals surface area contributed by atoms with Crippen molar-refractivity contribution in [3.63, 3.8) is 0 Å². The number of thiophene rings is 1. The number of carbonyl (C=O) groups excluding carboxylic acids is 1. The second kappa shape index (κ2) is 10.1. The Hall–Kier alpha value is -2.54. The van der Waals surface area contributed by atoms with E-state index in [0.29, 0.717) is 12.5 Å². The lowest BCUT2D eigenvalue weighted by atomic mass is 9.75. The topological polar surface area (TPSA) is 45.7 Å². The smallest absolute Gasteiger partial charge is 0.173 e. The van der Waals surface area contributed by atoms with Gasteiger partial charge in [-0.15, -0.1) is 11.3 Å². The largest absolute Gasteiger partial charge is 0.378 e. The summed E-state index contributed by atoms with van der Waals surface area (Å²) in [4.78, 5) is 23.7. The fourth-order valence-corrected chi connectivity index (χ4v) is 6.56. The Morgan fingerprint density at radius 3 is 2.64 bits per heavy atom. The van der Waals surface area contributed by atoms with Crippen molar-refractivity contribution in [1.82, 2.24) is 9.88 Å². The Morgan fingerprint density at radius 1 is 1.11 bits per heavy atom. The summed E-state index contributed by atoms with van der Waals surface area (Å²) in [6.07, 6.45) is 3.45. The lowest BCUT2D eigenvalue weighted by Crippen LogP contribution is -2.36. The molecule has 1 aromatic carbocycles. The zero-order valence-electron chi connectivity index (χ0n) is 22.1. The van der Waals surface area contributed by atoms with Gasteiger partial charge < -0.3 is 9.64 Å². The number of Topliss-reactive ketones (excluding diaryl/α,β-unsaturated/α-hetero) is 1. The average molecular weight is 504 g/mol. The van der Waals surface area contributed by atoms with Crippen molar-refractivity contribution < 1.29 is 9.53 Å². The second-order valence-corrected chi connectivity index (χ2v) is 12.3. The number of anilines is 1. The van der Waals surface area contributed by atoms with Crippen molar-refractivity contribution in [2.45, 2.75) is 53.1 Å². The number of nitrogens with zero attached hydrogens (tertiary/aromatic N) is 3. The van der Waals surface area contributed by atoms with Gasteiger partial charge in [-0.25, -0.2) is 0 Å². The minimum Gasteiger partial charge on any atom is -0.378 e. The van der Waals surface area contributed by atoms with Crippen LogP contribution in [0.1, 0.15) is 54.9 Å². The van der Waals surface area contributed by atoms with E-state index >= 15 is 0 Å². The molecular weight excluding hydrogens is 466 g/mol. The molecule has 0 radical (unpaired) electrons. The van der Waals surface area contributed by atoms with Crippen LogP contribution in [0.2, 0.25) is 0 Å². The molecule has 1 fully saturated rings. The highest BCUT2D eigenvalue weighted by molar-refractivity contribution is 7.19. The molecule has 0 bridgehead atoms. The van der Waals surface area contributed by atoms with Crippen LogP contribution in [0.15, 0.2) is 42.6 Å². The molecule has 0 N–H and O–H groups in total. The number of hydrogen-bond acceptors (Lipinski definition) is 6. The monoisotopic (exact) mass is 503 g/mol. The average Bonchev–Trinajstić information content (AvgIpc) is 3.23. The minimum absolute atomic E-state index is 0.0329. The van der Waals surface area contributed by atoms with Crippen molar-refractivity contribution in [2.24, 2.45) is 5.41 Å². The first-order valence-electron chi connectivity index (χ1n) is 13.0. The van der Waals surface area contributed by atoms with Crippen molar-refractivity contribution in [3.8, 4) is 22.4 Å². The van der Waals surface area contributed by atoms with E-state index < -0.39 is 0 Å². The molecule has 0 spiro atoms. The van der Waals surface area contributed by atoms with Gasteiger partial charge in [0.2, 0.25) is 0 Å². The Bertz CT molecular complexity index is 1260. The van der Waals surface area contributed by atoms with Crippen molar-refractivity contribution >= 4 is 22.1 Å². The molecule has 3 heterocycles. The SMILES string of the molecule is CC(C)N(C)Cc1cccc(-c2cc(-c3c(N4CCOCC4)sc4c3CC(C)(C)CC4=O)ccn2)c1. The van der Waals surface area contributed by atoms with E-state index in [-0.39, 0.29) is 11.2 Å². The van der Waals surface area contributed by atoms with E-state index in [1.165, 1.54) is 21.7 Å². The fraction of sp³-hybridized carbons (Fsp3) is 0.467. The van der Waals surface area contributed by atoms with E-state index in [9.17, 15) is 4.79 Å². The van der Waals surface area contributed by atoms with Gasteiger partial charge in [0.15, 0.2) is 5.78 Å². The number of ketones is 1. The van der Waals surface area contributed by atoms with Crippen molar-refractivity contribution in [3.05, 3.63) is 58.6 Å². The van der Waals surface area contributed by atoms with Gasteiger partial charge in [0.25, 0.3) is 0 Å². The van der Waals surface area contributed by atoms with Gasteiger partial charge in [-0.1, -0.05) is 32.0 Å². The number of fused-ring (bicyclic) bond motifs is 1. The number of benzene rings is 1. The molecule has 2 aliphatic rings. The van der Waals surface area contributed by atoms with E-state index in [0.717, 1.165) is 61.0 Å². The minimum atomic E-state index is -0.0329. The molecule has 1 aliphatic heterocycles. The number of ether oxygens (including phenoxy) is 1. The number of carbonyl (C=O) groups is 1. The van der Waals surface area contributed by atoms with Gasteiger partial charge in [0.1, 0.15) is 0 Å². The van der Waals surface area contributed by atoms with E-state index in [1.807, 2.05) is 6.20 Å². The van der Waals surface area contributed by atoms with E-state index in [4.69, 9.17) is 9.72 Å². The summed E-state index contributed by atoms with van der Waals surface area (Å²) >= 11 is 1.68. The number of aromatic nitrogens is 1. The van der Waals surface area contributed by atoms with Crippen LogP contribution in [0.25, 0.3) is 22.4 Å². The van der Waals surface area contributed by atoms with Crippen LogP contribution < -0.4 is 4.90 Å². The summed E-state index contributed by atoms with van der Waals surface area (Å²) in [5, 5.41) is 1.21. The molecule has 36 heavy (non-hydrogen) atoms. The van der Waals surface area contributed by atoms with Crippen LogP contribution in [-0.4, -0.2) is 55.1 Å². The van der Waals surface area contributed by atoms with Crippen LogP contribution in [0.4, 0.5) is 5.00 Å². The van der Waals surface area contributed by atoms with E-state index in [2.05, 4.69) is 80.9 Å². The van der Waals surface area contributed by atoms with Crippen molar-refractivity contribution in [2.75, 3.05) is 38.3 Å². The zero-order valence-corrected chi connectivity index (χ0v) is 23.0. The highest BCUT2D eigenvalue weighted by Gasteiger charge is 2.37. The van der Waals surface area contributed by atoms with Crippen LogP contribution in [0, 0.1) is 5.41 Å². The molecule has 5 rings (SSSR count). The summed E-state index contributed by atoms with van der Waals surface area (Å²) in [6, 6.07) is 13.5. The molecule has 190 valence electrons. The van der Waals surface area contributed by atoms with Crippen LogP contribution >= 0.6 is 11.3 Å². The fourth-order valence-electron chi connectivity index (χ4n) is 5.23. The Labute approximate surface area is 219 Å². The number of rotatable bonds is 6. The number of morpholine rings is 1. The summed E-state index contributed by atoms with van der Waals surface area (Å²) < 4.78 is 5.64. The molecule has 3 aromatic rings. The highest BCUT2D eigenvalue weighted by atomic mass is 32.1. The molecule has 1 saturated heterocycles. The van der Waals surface area contributed by atoms with Gasteiger partial charge in [-0.05, 0) is 67.6 Å². The van der Waals surface area contributed by atoms with Gasteiger partial charge in [0, 0.05) is 49.4 Å². The molecule has 1 aliphatic carbocycles. The third-order valence-electron chi connectivity index (χ3n) is 7.42.